The minimum Gasteiger partial charge on any atom is -0.396 e. The van der Waals surface area contributed by atoms with E-state index in [4.69, 9.17) is 10.8 Å². The first-order valence-corrected chi connectivity index (χ1v) is 5.95. The second-order valence-electron chi connectivity index (χ2n) is 3.98. The Kier molecular flexibility index (Phi) is 5.25. The number of nitrogens with two attached hydrogens (primary N) is 1. The van der Waals surface area contributed by atoms with Crippen LogP contribution in [0.4, 0.5) is 11.4 Å². The van der Waals surface area contributed by atoms with E-state index in [1.165, 1.54) is 18.2 Å². The number of aliphatic hydroxyl groups is 1. The van der Waals surface area contributed by atoms with Crippen LogP contribution in [0.1, 0.15) is 23.7 Å². The van der Waals surface area contributed by atoms with E-state index in [0.29, 0.717) is 25.2 Å². The zero-order chi connectivity index (χ0) is 14.4. The zero-order valence-electron chi connectivity index (χ0n) is 10.7. The Balaban J connectivity index is 3.21. The fourth-order valence-electron chi connectivity index (χ4n) is 1.79. The van der Waals surface area contributed by atoms with Gasteiger partial charge in [0.05, 0.1) is 4.92 Å². The predicted octanol–water partition coefficient (Wildman–Crippen LogP) is 0.902. The average molecular weight is 267 g/mol. The summed E-state index contributed by atoms with van der Waals surface area (Å²) >= 11 is 0. The number of rotatable bonds is 7. The number of carbonyl (C=O) groups is 1. The number of aliphatic hydroxyl groups excluding tert-OH is 1. The molecule has 104 valence electrons. The lowest BCUT2D eigenvalue weighted by Gasteiger charge is -2.22. The number of benzene rings is 1. The molecule has 0 saturated heterocycles. The van der Waals surface area contributed by atoms with E-state index in [0.717, 1.165) is 0 Å². The van der Waals surface area contributed by atoms with E-state index < -0.39 is 10.8 Å². The molecule has 0 aliphatic rings. The van der Waals surface area contributed by atoms with Crippen LogP contribution >= 0.6 is 0 Å². The largest absolute Gasteiger partial charge is 0.396 e. The monoisotopic (exact) mass is 267 g/mol. The summed E-state index contributed by atoms with van der Waals surface area (Å²) < 4.78 is 0. The van der Waals surface area contributed by atoms with E-state index in [9.17, 15) is 14.9 Å². The van der Waals surface area contributed by atoms with Crippen LogP contribution in [0.3, 0.4) is 0 Å². The SMILES string of the molecule is CCN(CCCO)c1cc(C(N)=O)ccc1[N+](=O)[O-]. The van der Waals surface area contributed by atoms with Gasteiger partial charge in [0.2, 0.25) is 5.91 Å². The van der Waals surface area contributed by atoms with Gasteiger partial charge in [0.15, 0.2) is 0 Å². The van der Waals surface area contributed by atoms with Crippen LogP contribution in [0.2, 0.25) is 0 Å². The van der Waals surface area contributed by atoms with Gasteiger partial charge in [0.1, 0.15) is 5.69 Å². The highest BCUT2D eigenvalue weighted by molar-refractivity contribution is 5.94. The molecule has 0 aliphatic heterocycles. The number of nitro groups is 1. The van der Waals surface area contributed by atoms with Crippen molar-refractivity contribution < 1.29 is 14.8 Å². The summed E-state index contributed by atoms with van der Waals surface area (Å²) in [4.78, 5) is 23.4. The minimum absolute atomic E-state index is 0.000191. The summed E-state index contributed by atoms with van der Waals surface area (Å²) in [6, 6.07) is 4.03. The van der Waals surface area contributed by atoms with Gasteiger partial charge in [-0.05, 0) is 25.5 Å². The van der Waals surface area contributed by atoms with Gasteiger partial charge in [-0.3, -0.25) is 14.9 Å². The lowest BCUT2D eigenvalue weighted by Crippen LogP contribution is -2.26. The number of carbonyl (C=O) groups excluding carboxylic acids is 1. The number of nitro benzene ring substituents is 1. The van der Waals surface area contributed by atoms with E-state index in [2.05, 4.69) is 0 Å². The number of hydrogen-bond donors (Lipinski definition) is 2. The van der Waals surface area contributed by atoms with Crippen LogP contribution in [0.15, 0.2) is 18.2 Å². The maximum Gasteiger partial charge on any atom is 0.292 e. The Hall–Kier alpha value is -2.15. The average Bonchev–Trinajstić information content (AvgIpc) is 2.39. The van der Waals surface area contributed by atoms with Gasteiger partial charge in [-0.25, -0.2) is 0 Å². The fraction of sp³-hybridized carbons (Fsp3) is 0.417. The first-order chi connectivity index (χ1) is 9.01. The summed E-state index contributed by atoms with van der Waals surface area (Å²) in [5.41, 5.74) is 5.67. The molecule has 0 unspecified atom stereocenters. The van der Waals surface area contributed by atoms with E-state index in [-0.39, 0.29) is 17.9 Å². The molecule has 1 aromatic carbocycles. The second kappa shape index (κ2) is 6.69. The van der Waals surface area contributed by atoms with Crippen molar-refractivity contribution in [2.24, 2.45) is 5.73 Å². The normalized spacial score (nSPS) is 10.2. The van der Waals surface area contributed by atoms with Gasteiger partial charge in [-0.2, -0.15) is 0 Å². The number of hydrogen-bond acceptors (Lipinski definition) is 5. The smallest absolute Gasteiger partial charge is 0.292 e. The standard InChI is InChI=1S/C12H17N3O4/c1-2-14(6-3-7-16)11-8-9(12(13)17)4-5-10(11)15(18)19/h4-5,8,16H,2-3,6-7H2,1H3,(H2,13,17). The van der Waals surface area contributed by atoms with Crippen molar-refractivity contribution >= 4 is 17.3 Å². The molecule has 0 spiro atoms. The van der Waals surface area contributed by atoms with Crippen LogP contribution in [0.5, 0.6) is 0 Å². The first-order valence-electron chi connectivity index (χ1n) is 5.95. The number of primary amides is 1. The van der Waals surface area contributed by atoms with E-state index in [1.54, 1.807) is 4.90 Å². The minimum atomic E-state index is -0.630. The molecule has 0 fully saturated rings. The Bertz CT molecular complexity index is 476. The Morgan fingerprint density at radius 2 is 2.21 bits per heavy atom. The third-order valence-corrected chi connectivity index (χ3v) is 2.77. The summed E-state index contributed by atoms with van der Waals surface area (Å²) in [7, 11) is 0. The Labute approximate surface area is 110 Å². The predicted molar refractivity (Wildman–Crippen MR) is 71.2 cm³/mol. The second-order valence-corrected chi connectivity index (χ2v) is 3.98. The lowest BCUT2D eigenvalue weighted by molar-refractivity contribution is -0.384. The molecule has 0 bridgehead atoms. The van der Waals surface area contributed by atoms with Crippen molar-refractivity contribution in [1.29, 1.82) is 0 Å². The van der Waals surface area contributed by atoms with Gasteiger partial charge < -0.3 is 15.7 Å². The molecule has 7 heteroatoms. The highest BCUT2D eigenvalue weighted by Gasteiger charge is 2.20. The lowest BCUT2D eigenvalue weighted by atomic mass is 10.1. The third-order valence-electron chi connectivity index (χ3n) is 2.77. The molecule has 19 heavy (non-hydrogen) atoms. The van der Waals surface area contributed by atoms with Gasteiger partial charge in [0, 0.05) is 31.3 Å². The maximum atomic E-state index is 11.2. The number of amides is 1. The molecule has 0 saturated carbocycles. The quantitative estimate of drug-likeness (QED) is 0.563. The molecule has 0 heterocycles. The number of nitrogens with zero attached hydrogens (tertiary/aromatic N) is 2. The van der Waals surface area contributed by atoms with E-state index >= 15 is 0 Å². The van der Waals surface area contributed by atoms with Gasteiger partial charge in [-0.1, -0.05) is 0 Å². The van der Waals surface area contributed by atoms with Gasteiger partial charge in [0.25, 0.3) is 5.69 Å². The van der Waals surface area contributed by atoms with Crippen molar-refractivity contribution in [2.75, 3.05) is 24.6 Å². The van der Waals surface area contributed by atoms with E-state index in [1.807, 2.05) is 6.92 Å². The summed E-state index contributed by atoms with van der Waals surface area (Å²) in [5.74, 6) is -0.630. The molecule has 1 amide bonds. The third kappa shape index (κ3) is 3.65. The molecule has 3 N–H and O–H groups in total. The first kappa shape index (κ1) is 14.9. The van der Waals surface area contributed by atoms with Crippen molar-refractivity contribution in [3.05, 3.63) is 33.9 Å². The van der Waals surface area contributed by atoms with Crippen LogP contribution in [0.25, 0.3) is 0 Å². The van der Waals surface area contributed by atoms with Crippen LogP contribution in [0, 0.1) is 10.1 Å². The highest BCUT2D eigenvalue weighted by Crippen LogP contribution is 2.29. The van der Waals surface area contributed by atoms with Crippen molar-refractivity contribution in [3.8, 4) is 0 Å². The number of anilines is 1. The molecule has 0 aromatic heterocycles. The summed E-state index contributed by atoms with van der Waals surface area (Å²) in [5, 5.41) is 19.9. The maximum absolute atomic E-state index is 11.2. The summed E-state index contributed by atoms with van der Waals surface area (Å²) in [6.07, 6.45) is 0.492. The Morgan fingerprint density at radius 3 is 2.68 bits per heavy atom. The van der Waals surface area contributed by atoms with Gasteiger partial charge in [-0.15, -0.1) is 0 Å². The molecular weight excluding hydrogens is 250 g/mol. The molecule has 1 aromatic rings. The van der Waals surface area contributed by atoms with Crippen molar-refractivity contribution in [1.82, 2.24) is 0 Å². The van der Waals surface area contributed by atoms with Crippen LogP contribution in [-0.4, -0.2) is 35.6 Å². The Morgan fingerprint density at radius 1 is 1.53 bits per heavy atom. The van der Waals surface area contributed by atoms with Gasteiger partial charge >= 0.3 is 0 Å². The fourth-order valence-corrected chi connectivity index (χ4v) is 1.79. The molecule has 0 aliphatic carbocycles. The molecule has 7 nitrogen and oxygen atoms in total. The molecule has 0 atom stereocenters. The molecule has 0 radical (unpaired) electrons. The van der Waals surface area contributed by atoms with Crippen LogP contribution in [-0.2, 0) is 0 Å². The molecular formula is C12H17N3O4. The highest BCUT2D eigenvalue weighted by atomic mass is 16.6. The summed E-state index contributed by atoms with van der Waals surface area (Å²) in [6.45, 7) is 2.84. The van der Waals surface area contributed by atoms with Crippen molar-refractivity contribution in [3.63, 3.8) is 0 Å². The molecule has 1 rings (SSSR count). The van der Waals surface area contributed by atoms with Crippen molar-refractivity contribution in [2.45, 2.75) is 13.3 Å². The topological polar surface area (TPSA) is 110 Å². The van der Waals surface area contributed by atoms with Crippen LogP contribution < -0.4 is 10.6 Å². The zero-order valence-corrected chi connectivity index (χ0v) is 10.7.